The van der Waals surface area contributed by atoms with Crippen LogP contribution in [0.25, 0.3) is 0 Å². The predicted molar refractivity (Wildman–Crippen MR) is 112 cm³/mol. The van der Waals surface area contributed by atoms with E-state index in [1.165, 1.54) is 15.4 Å². The van der Waals surface area contributed by atoms with E-state index in [1.807, 2.05) is 0 Å². The fourth-order valence-electron chi connectivity index (χ4n) is 3.82. The Kier molecular flexibility index (Phi) is 6.61. The van der Waals surface area contributed by atoms with Crippen LogP contribution in [0, 0.1) is 0 Å². The van der Waals surface area contributed by atoms with Gasteiger partial charge in [0.05, 0.1) is 23.1 Å². The Hall–Kier alpha value is -0.870. The number of ether oxygens (including phenoxy) is 1. The molecule has 0 radical (unpaired) electrons. The van der Waals surface area contributed by atoms with Crippen LogP contribution in [0.4, 0.5) is 0 Å². The van der Waals surface area contributed by atoms with Gasteiger partial charge in [-0.25, -0.2) is 5.84 Å². The van der Waals surface area contributed by atoms with Crippen LogP contribution in [-0.2, 0) is 16.8 Å². The van der Waals surface area contributed by atoms with Crippen molar-refractivity contribution < 1.29 is 14.9 Å². The van der Waals surface area contributed by atoms with Crippen LogP contribution < -0.4 is 11.6 Å². The summed E-state index contributed by atoms with van der Waals surface area (Å²) < 4.78 is 7.07. The van der Waals surface area contributed by atoms with Gasteiger partial charge in [0.15, 0.2) is 0 Å². The fourth-order valence-corrected chi connectivity index (χ4v) is 5.32. The summed E-state index contributed by atoms with van der Waals surface area (Å²) in [5, 5.41) is 21.1. The molecule has 3 heterocycles. The molecule has 2 aliphatic heterocycles. The zero-order valence-corrected chi connectivity index (χ0v) is 18.1. The molecule has 28 heavy (non-hydrogen) atoms. The number of hydrazine groups is 1. The number of halogens is 1. The fraction of sp³-hybridized carbons (Fsp3) is 0.684. The van der Waals surface area contributed by atoms with Crippen LogP contribution in [0.3, 0.4) is 0 Å². The van der Waals surface area contributed by atoms with Crippen molar-refractivity contribution in [2.24, 2.45) is 11.6 Å². The van der Waals surface area contributed by atoms with E-state index in [1.54, 1.807) is 31.4 Å². The summed E-state index contributed by atoms with van der Waals surface area (Å²) >= 11 is 7.89. The van der Waals surface area contributed by atoms with E-state index >= 15 is 0 Å². The summed E-state index contributed by atoms with van der Waals surface area (Å²) in [7, 11) is 0. The van der Waals surface area contributed by atoms with Gasteiger partial charge in [-0.2, -0.15) is 0 Å². The summed E-state index contributed by atoms with van der Waals surface area (Å²) in [5.74, 6) is 5.90. The third-order valence-electron chi connectivity index (χ3n) is 5.54. The monoisotopic (exact) mass is 430 g/mol. The topological polar surface area (TPSA) is 108 Å². The lowest BCUT2D eigenvalue weighted by Crippen LogP contribution is -2.47. The third-order valence-corrected chi connectivity index (χ3v) is 7.04. The van der Waals surface area contributed by atoms with Crippen molar-refractivity contribution in [1.29, 1.82) is 0 Å². The zero-order valence-electron chi connectivity index (χ0n) is 16.5. The molecular weight excluding hydrogens is 400 g/mol. The van der Waals surface area contributed by atoms with E-state index in [4.69, 9.17) is 27.9 Å². The molecule has 0 aromatic carbocycles. The lowest BCUT2D eigenvalue weighted by molar-refractivity contribution is -0.0941. The molecule has 1 aromatic heterocycles. The number of nitrogens with two attached hydrogens (primary N) is 2. The number of nitrogens with zero attached hydrogens (tertiary/aromatic N) is 2. The summed E-state index contributed by atoms with van der Waals surface area (Å²) in [6.45, 7) is 6.28. The minimum Gasteiger partial charge on any atom is -0.400 e. The maximum absolute atomic E-state index is 9.94. The summed E-state index contributed by atoms with van der Waals surface area (Å²) in [4.78, 5) is 3.57. The SMILES string of the molecule is CC(C)(O)C(O)CN(N)/C=C(\N)CN1CCC2(CC1)OCCc1cc(Cl)sc12. The van der Waals surface area contributed by atoms with Gasteiger partial charge in [-0.05, 0) is 44.7 Å². The van der Waals surface area contributed by atoms with Gasteiger partial charge in [0.1, 0.15) is 11.7 Å². The van der Waals surface area contributed by atoms with Crippen LogP contribution in [0.2, 0.25) is 4.34 Å². The molecule has 1 unspecified atom stereocenters. The van der Waals surface area contributed by atoms with E-state index in [-0.39, 0.29) is 12.1 Å². The van der Waals surface area contributed by atoms with Crippen molar-refractivity contribution in [3.05, 3.63) is 32.7 Å². The number of likely N-dealkylation sites (tertiary alicyclic amines) is 1. The highest BCUT2D eigenvalue weighted by Crippen LogP contribution is 2.46. The van der Waals surface area contributed by atoms with Crippen molar-refractivity contribution in [2.45, 2.75) is 50.4 Å². The molecule has 2 aliphatic rings. The molecular formula is C19H31ClN4O3S. The van der Waals surface area contributed by atoms with Gasteiger partial charge < -0.3 is 25.7 Å². The average molecular weight is 431 g/mol. The second-order valence-electron chi connectivity index (χ2n) is 8.34. The Morgan fingerprint density at radius 1 is 1.50 bits per heavy atom. The van der Waals surface area contributed by atoms with Gasteiger partial charge in [-0.3, -0.25) is 4.90 Å². The minimum atomic E-state index is -1.22. The number of aliphatic hydroxyl groups is 2. The highest BCUT2D eigenvalue weighted by molar-refractivity contribution is 7.16. The summed E-state index contributed by atoms with van der Waals surface area (Å²) in [6, 6.07) is 2.08. The first-order valence-electron chi connectivity index (χ1n) is 9.62. The van der Waals surface area contributed by atoms with Crippen molar-refractivity contribution in [1.82, 2.24) is 9.91 Å². The van der Waals surface area contributed by atoms with E-state index in [9.17, 15) is 10.2 Å². The lowest BCUT2D eigenvalue weighted by Gasteiger charge is -2.43. The van der Waals surface area contributed by atoms with Crippen LogP contribution in [0.1, 0.15) is 37.1 Å². The Bertz CT molecular complexity index is 711. The van der Waals surface area contributed by atoms with Crippen LogP contribution in [0.5, 0.6) is 0 Å². The molecule has 0 amide bonds. The van der Waals surface area contributed by atoms with Crippen molar-refractivity contribution in [3.63, 3.8) is 0 Å². The number of hydrogen-bond donors (Lipinski definition) is 4. The second-order valence-corrected chi connectivity index (χ2v) is 10.0. The van der Waals surface area contributed by atoms with Crippen molar-refractivity contribution >= 4 is 22.9 Å². The first-order chi connectivity index (χ1) is 13.1. The quantitative estimate of drug-likeness (QED) is 0.398. The number of piperidine rings is 1. The largest absolute Gasteiger partial charge is 0.400 e. The molecule has 1 atom stereocenters. The zero-order chi connectivity index (χ0) is 20.5. The highest BCUT2D eigenvalue weighted by Gasteiger charge is 2.42. The van der Waals surface area contributed by atoms with Gasteiger partial charge in [-0.15, -0.1) is 11.3 Å². The lowest BCUT2D eigenvalue weighted by atomic mass is 9.85. The standard InChI is InChI=1S/C19H31ClN4O3S/c1-18(2,26)15(25)12-24(22)11-14(21)10-23-6-4-19(5-7-23)17-13(3-8-27-19)9-16(20)28-17/h9,11,15,25-26H,3-8,10,12,21-22H2,1-2H3/b14-11-. The second kappa shape index (κ2) is 8.47. The van der Waals surface area contributed by atoms with Gasteiger partial charge in [-0.1, -0.05) is 11.6 Å². The van der Waals surface area contributed by atoms with Gasteiger partial charge in [0.25, 0.3) is 0 Å². The highest BCUT2D eigenvalue weighted by atomic mass is 35.5. The Labute approximate surface area is 175 Å². The van der Waals surface area contributed by atoms with E-state index in [0.717, 1.165) is 43.3 Å². The predicted octanol–water partition coefficient (Wildman–Crippen LogP) is 1.37. The molecule has 0 saturated carbocycles. The molecule has 3 rings (SSSR count). The molecule has 1 fully saturated rings. The first kappa shape index (κ1) is 21.8. The molecule has 9 heteroatoms. The smallest absolute Gasteiger partial charge is 0.105 e. The molecule has 158 valence electrons. The Balaban J connectivity index is 1.54. The van der Waals surface area contributed by atoms with Crippen LogP contribution in [0.15, 0.2) is 18.0 Å². The molecule has 1 aromatic rings. The minimum absolute atomic E-state index is 0.100. The van der Waals surface area contributed by atoms with E-state index < -0.39 is 11.7 Å². The number of rotatable bonds is 6. The third kappa shape index (κ3) is 4.99. The summed E-state index contributed by atoms with van der Waals surface area (Å²) in [5.41, 5.74) is 6.67. The van der Waals surface area contributed by atoms with E-state index in [2.05, 4.69) is 11.0 Å². The Morgan fingerprint density at radius 2 is 2.18 bits per heavy atom. The van der Waals surface area contributed by atoms with Gasteiger partial charge in [0, 0.05) is 36.4 Å². The summed E-state index contributed by atoms with van der Waals surface area (Å²) in [6.07, 6.45) is 3.41. The maximum Gasteiger partial charge on any atom is 0.105 e. The van der Waals surface area contributed by atoms with Crippen LogP contribution >= 0.6 is 22.9 Å². The van der Waals surface area contributed by atoms with Crippen molar-refractivity contribution in [2.75, 3.05) is 32.8 Å². The number of fused-ring (bicyclic) bond motifs is 2. The van der Waals surface area contributed by atoms with Crippen molar-refractivity contribution in [3.8, 4) is 0 Å². The molecule has 6 N–H and O–H groups in total. The maximum atomic E-state index is 9.94. The van der Waals surface area contributed by atoms with E-state index in [0.29, 0.717) is 12.2 Å². The number of aliphatic hydroxyl groups excluding tert-OH is 1. The average Bonchev–Trinajstić information content (AvgIpc) is 2.98. The first-order valence-corrected chi connectivity index (χ1v) is 10.8. The molecule has 1 saturated heterocycles. The van der Waals surface area contributed by atoms with Gasteiger partial charge >= 0.3 is 0 Å². The normalized spacial score (nSPS) is 21.6. The Morgan fingerprint density at radius 3 is 2.82 bits per heavy atom. The molecule has 0 bridgehead atoms. The van der Waals surface area contributed by atoms with Crippen LogP contribution in [-0.4, -0.2) is 64.6 Å². The van der Waals surface area contributed by atoms with Gasteiger partial charge in [0.2, 0.25) is 0 Å². The number of hydrogen-bond acceptors (Lipinski definition) is 8. The number of thiophene rings is 1. The molecule has 7 nitrogen and oxygen atoms in total. The molecule has 0 aliphatic carbocycles. The molecule has 1 spiro atoms.